The second-order valence-corrected chi connectivity index (χ2v) is 4.23. The molecular weight excluding hydrogens is 319 g/mol. The van der Waals surface area contributed by atoms with Crippen molar-refractivity contribution in [3.8, 4) is 0 Å². The first-order valence-electron chi connectivity index (χ1n) is 4.45. The minimum absolute atomic E-state index is 0.391. The van der Waals surface area contributed by atoms with Gasteiger partial charge in [0.1, 0.15) is 6.33 Å². The van der Waals surface area contributed by atoms with E-state index >= 15 is 0 Å². The van der Waals surface area contributed by atoms with Crippen LogP contribution in [0.15, 0.2) is 35.7 Å². The van der Waals surface area contributed by atoms with Crippen LogP contribution in [0.1, 0.15) is 5.56 Å². The molecule has 2 aromatic rings. The van der Waals surface area contributed by atoms with Crippen molar-refractivity contribution in [3.05, 3.63) is 39.7 Å². The minimum Gasteiger partial charge on any atom is -0.335 e. The Kier molecular flexibility index (Phi) is 3.34. The van der Waals surface area contributed by atoms with E-state index in [2.05, 4.69) is 43.3 Å². The van der Waals surface area contributed by atoms with E-state index < -0.39 is 0 Å². The Morgan fingerprint density at radius 3 is 2.75 bits per heavy atom. The molecule has 0 fully saturated rings. The molecule has 0 unspecified atom stereocenters. The number of benzene rings is 1. The Labute approximate surface area is 106 Å². The molecule has 0 aliphatic carbocycles. The zero-order valence-corrected chi connectivity index (χ0v) is 10.4. The van der Waals surface area contributed by atoms with Crippen molar-refractivity contribution in [1.29, 1.82) is 0 Å². The van der Waals surface area contributed by atoms with Gasteiger partial charge in [0.2, 0.25) is 0 Å². The summed E-state index contributed by atoms with van der Waals surface area (Å²) in [5.74, 6) is 5.88. The average Bonchev–Trinajstić information content (AvgIpc) is 2.68. The quantitative estimate of drug-likeness (QED) is 0.382. The van der Waals surface area contributed by atoms with Crippen LogP contribution in [0.4, 0.5) is 5.95 Å². The summed E-state index contributed by atoms with van der Waals surface area (Å²) < 4.78 is 2.44. The molecule has 0 spiro atoms. The fourth-order valence-corrected chi connectivity index (χ4v) is 1.40. The number of hydrogen-bond donors (Lipinski definition) is 2. The molecule has 0 aliphatic heterocycles. The number of nitrogens with two attached hydrogens (primary N) is 1. The maximum absolute atomic E-state index is 5.49. The molecule has 0 radical (unpaired) electrons. The summed E-state index contributed by atoms with van der Waals surface area (Å²) in [5.41, 5.74) is 3.68. The van der Waals surface area contributed by atoms with Crippen LogP contribution < -0.4 is 11.3 Å². The number of rotatable bonds is 3. The van der Waals surface area contributed by atoms with Crippen molar-refractivity contribution in [2.75, 3.05) is 11.3 Å². The summed E-state index contributed by atoms with van der Waals surface area (Å²) in [6.45, 7) is 0. The van der Waals surface area contributed by atoms with Crippen molar-refractivity contribution >= 4 is 34.8 Å². The number of aromatic nitrogens is 3. The van der Waals surface area contributed by atoms with Gasteiger partial charge >= 0.3 is 0 Å². The molecule has 1 heterocycles. The zero-order valence-electron chi connectivity index (χ0n) is 8.21. The molecule has 6 nitrogen and oxygen atoms in total. The molecule has 1 aromatic carbocycles. The monoisotopic (exact) mass is 328 g/mol. The molecule has 1 aromatic heterocycles. The van der Waals surface area contributed by atoms with Crippen LogP contribution in [0.25, 0.3) is 0 Å². The van der Waals surface area contributed by atoms with Gasteiger partial charge in [-0.3, -0.25) is 0 Å². The highest BCUT2D eigenvalue weighted by molar-refractivity contribution is 14.1. The third-order valence-electron chi connectivity index (χ3n) is 1.82. The van der Waals surface area contributed by atoms with Crippen molar-refractivity contribution in [2.24, 2.45) is 5.10 Å². The molecule has 0 saturated carbocycles. The van der Waals surface area contributed by atoms with Crippen LogP contribution in [-0.4, -0.2) is 21.1 Å². The van der Waals surface area contributed by atoms with Crippen LogP contribution in [-0.2, 0) is 0 Å². The lowest BCUT2D eigenvalue weighted by Crippen LogP contribution is -2.10. The summed E-state index contributed by atoms with van der Waals surface area (Å²) in [4.78, 5) is 0. The number of nitrogens with zero attached hydrogens (tertiary/aromatic N) is 4. The highest BCUT2D eigenvalue weighted by atomic mass is 127. The van der Waals surface area contributed by atoms with Gasteiger partial charge in [-0.2, -0.15) is 5.10 Å². The minimum atomic E-state index is 0.391. The fourth-order valence-electron chi connectivity index (χ4n) is 1.04. The van der Waals surface area contributed by atoms with E-state index in [1.807, 2.05) is 24.3 Å². The Bertz CT molecular complexity index is 489. The lowest BCUT2D eigenvalue weighted by atomic mass is 10.2. The predicted octanol–water partition coefficient (Wildman–Crippen LogP) is 1.04. The van der Waals surface area contributed by atoms with Gasteiger partial charge in [0, 0.05) is 3.57 Å². The normalized spacial score (nSPS) is 10.8. The number of nitrogen functional groups attached to an aromatic ring is 1. The van der Waals surface area contributed by atoms with Gasteiger partial charge in [0.25, 0.3) is 5.95 Å². The fraction of sp³-hybridized carbons (Fsp3) is 0. The number of hydrazone groups is 1. The van der Waals surface area contributed by atoms with Crippen molar-refractivity contribution < 1.29 is 0 Å². The van der Waals surface area contributed by atoms with Crippen LogP contribution in [0, 0.1) is 3.57 Å². The maximum Gasteiger partial charge on any atom is 0.263 e. The summed E-state index contributed by atoms with van der Waals surface area (Å²) >= 11 is 2.25. The number of anilines is 1. The van der Waals surface area contributed by atoms with Crippen LogP contribution in [0.2, 0.25) is 0 Å². The van der Waals surface area contributed by atoms with E-state index in [1.54, 1.807) is 6.21 Å². The number of halogens is 1. The van der Waals surface area contributed by atoms with E-state index in [1.165, 1.54) is 14.6 Å². The van der Waals surface area contributed by atoms with Gasteiger partial charge in [-0.1, -0.05) is 12.1 Å². The highest BCUT2D eigenvalue weighted by Crippen LogP contribution is 2.05. The van der Waals surface area contributed by atoms with Gasteiger partial charge in [-0.05, 0) is 40.3 Å². The van der Waals surface area contributed by atoms with Crippen LogP contribution >= 0.6 is 22.6 Å². The van der Waals surface area contributed by atoms with Gasteiger partial charge in [0.15, 0.2) is 0 Å². The molecule has 16 heavy (non-hydrogen) atoms. The van der Waals surface area contributed by atoms with E-state index in [0.29, 0.717) is 5.95 Å². The maximum atomic E-state index is 5.49. The van der Waals surface area contributed by atoms with E-state index in [0.717, 1.165) is 5.56 Å². The number of nitrogens with one attached hydrogen (secondary N) is 1. The average molecular weight is 328 g/mol. The Balaban J connectivity index is 2.00. The Hall–Kier alpha value is -1.64. The predicted molar refractivity (Wildman–Crippen MR) is 70.5 cm³/mol. The van der Waals surface area contributed by atoms with E-state index in [-0.39, 0.29) is 0 Å². The zero-order chi connectivity index (χ0) is 11.4. The third kappa shape index (κ3) is 2.69. The molecule has 0 saturated heterocycles. The molecular formula is C9H9IN6. The van der Waals surface area contributed by atoms with Crippen molar-refractivity contribution in [1.82, 2.24) is 14.9 Å². The molecule has 0 bridgehead atoms. The summed E-state index contributed by atoms with van der Waals surface area (Å²) in [6.07, 6.45) is 3.08. The molecule has 0 aliphatic rings. The SMILES string of the molecule is Nn1cnnc1N/N=C\c1ccc(I)cc1. The summed E-state index contributed by atoms with van der Waals surface area (Å²) in [6, 6.07) is 7.96. The van der Waals surface area contributed by atoms with Gasteiger partial charge < -0.3 is 5.84 Å². The second kappa shape index (κ2) is 4.92. The standard InChI is InChI=1S/C9H9IN6/c10-8-3-1-7(2-4-8)5-12-14-9-15-13-6-16(9)11/h1-6H,11H2,(H,14,15)/b12-5-. The van der Waals surface area contributed by atoms with E-state index in [9.17, 15) is 0 Å². The van der Waals surface area contributed by atoms with Crippen LogP contribution in [0.5, 0.6) is 0 Å². The van der Waals surface area contributed by atoms with Gasteiger partial charge in [0.05, 0.1) is 6.21 Å². The topological polar surface area (TPSA) is 81.1 Å². The largest absolute Gasteiger partial charge is 0.335 e. The first-order valence-corrected chi connectivity index (χ1v) is 5.53. The van der Waals surface area contributed by atoms with Gasteiger partial charge in [-0.25, -0.2) is 10.1 Å². The molecule has 0 atom stereocenters. The first-order chi connectivity index (χ1) is 7.75. The molecule has 3 N–H and O–H groups in total. The Morgan fingerprint density at radius 1 is 1.38 bits per heavy atom. The molecule has 2 rings (SSSR count). The van der Waals surface area contributed by atoms with Crippen LogP contribution in [0.3, 0.4) is 0 Å². The smallest absolute Gasteiger partial charge is 0.263 e. The third-order valence-corrected chi connectivity index (χ3v) is 2.54. The highest BCUT2D eigenvalue weighted by Gasteiger charge is 1.96. The Morgan fingerprint density at radius 2 is 2.12 bits per heavy atom. The van der Waals surface area contributed by atoms with E-state index in [4.69, 9.17) is 5.84 Å². The van der Waals surface area contributed by atoms with Crippen molar-refractivity contribution in [2.45, 2.75) is 0 Å². The number of hydrogen-bond acceptors (Lipinski definition) is 5. The van der Waals surface area contributed by atoms with Gasteiger partial charge in [-0.15, -0.1) is 10.2 Å². The van der Waals surface area contributed by atoms with Crippen molar-refractivity contribution in [3.63, 3.8) is 0 Å². The second-order valence-electron chi connectivity index (χ2n) is 2.98. The molecule has 7 heteroatoms. The first kappa shape index (κ1) is 10.9. The molecule has 0 amide bonds. The molecule has 82 valence electrons. The lowest BCUT2D eigenvalue weighted by Gasteiger charge is -1.97. The summed E-state index contributed by atoms with van der Waals surface area (Å²) in [7, 11) is 0. The summed E-state index contributed by atoms with van der Waals surface area (Å²) in [5, 5.41) is 11.3. The lowest BCUT2D eigenvalue weighted by molar-refractivity contribution is 0.988.